The van der Waals surface area contributed by atoms with Crippen molar-refractivity contribution >= 4 is 35.0 Å². The smallest absolute Gasteiger partial charge is 0.230 e. The summed E-state index contributed by atoms with van der Waals surface area (Å²) in [7, 11) is 0. The summed E-state index contributed by atoms with van der Waals surface area (Å²) in [5.41, 5.74) is 9.66. The van der Waals surface area contributed by atoms with Gasteiger partial charge in [-0.25, -0.2) is 0 Å². The van der Waals surface area contributed by atoms with Crippen LogP contribution in [0.15, 0.2) is 47.6 Å². The average molecular weight is 465 g/mol. The molecular weight excluding hydrogens is 436 g/mol. The number of ether oxygens (including phenoxy) is 1. The van der Waals surface area contributed by atoms with E-state index in [4.69, 9.17) is 22.1 Å². The molecule has 2 aliphatic heterocycles. The molecule has 0 aromatic heterocycles. The topological polar surface area (TPSA) is 80.0 Å². The molecule has 0 unspecified atom stereocenters. The Labute approximate surface area is 199 Å². The van der Waals surface area contributed by atoms with Gasteiger partial charge in [0.1, 0.15) is 11.5 Å². The molecule has 7 heteroatoms. The van der Waals surface area contributed by atoms with Gasteiger partial charge in [-0.1, -0.05) is 17.7 Å². The average Bonchev–Trinajstić information content (AvgIpc) is 3.61. The molecule has 1 saturated carbocycles. The Balaban J connectivity index is 1.59. The molecule has 5 rings (SSSR count). The van der Waals surface area contributed by atoms with Crippen molar-refractivity contribution in [3.63, 3.8) is 0 Å². The lowest BCUT2D eigenvalue weighted by molar-refractivity contribution is -0.120. The third kappa shape index (κ3) is 4.50. The number of amides is 1. The molecule has 0 spiro atoms. The van der Waals surface area contributed by atoms with Crippen LogP contribution in [0.3, 0.4) is 0 Å². The minimum atomic E-state index is 0.151. The van der Waals surface area contributed by atoms with Crippen LogP contribution in [0.5, 0.6) is 11.5 Å². The van der Waals surface area contributed by atoms with Gasteiger partial charge < -0.3 is 20.7 Å². The van der Waals surface area contributed by atoms with Crippen molar-refractivity contribution in [1.29, 1.82) is 0 Å². The molecular formula is C26H29ClN4O2. The summed E-state index contributed by atoms with van der Waals surface area (Å²) in [6.45, 7) is 3.88. The van der Waals surface area contributed by atoms with Crippen LogP contribution in [0.4, 0.5) is 5.69 Å². The van der Waals surface area contributed by atoms with Crippen LogP contribution in [-0.2, 0) is 11.2 Å². The molecule has 2 heterocycles. The zero-order chi connectivity index (χ0) is 22.9. The largest absolute Gasteiger partial charge is 0.456 e. The maximum Gasteiger partial charge on any atom is 0.230 e. The van der Waals surface area contributed by atoms with E-state index in [-0.39, 0.29) is 23.9 Å². The van der Waals surface area contributed by atoms with Crippen LogP contribution >= 0.6 is 11.6 Å². The van der Waals surface area contributed by atoms with Crippen LogP contribution < -0.4 is 20.7 Å². The molecule has 1 amide bonds. The summed E-state index contributed by atoms with van der Waals surface area (Å²) in [5, 5.41) is 3.83. The van der Waals surface area contributed by atoms with Gasteiger partial charge in [0.2, 0.25) is 5.91 Å². The number of nitrogens with two attached hydrogens (primary N) is 1. The maximum atomic E-state index is 13.1. The Morgan fingerprint density at radius 1 is 1.24 bits per heavy atom. The number of carbonyl (C=O) groups excluding carboxylic acids is 1. The van der Waals surface area contributed by atoms with E-state index in [0.717, 1.165) is 61.2 Å². The summed E-state index contributed by atoms with van der Waals surface area (Å²) in [6.07, 6.45) is 7.06. The lowest BCUT2D eigenvalue weighted by atomic mass is 9.91. The number of carbonyl (C=O) groups is 1. The number of benzene rings is 2. The molecule has 172 valence electrons. The number of hydrogen-bond acceptors (Lipinski definition) is 5. The number of anilines is 1. The number of nitrogens with one attached hydrogen (secondary N) is 1. The van der Waals surface area contributed by atoms with Gasteiger partial charge in [-0.2, -0.15) is 0 Å². The second-order valence-electron chi connectivity index (χ2n) is 9.08. The first kappa shape index (κ1) is 22.0. The van der Waals surface area contributed by atoms with E-state index in [0.29, 0.717) is 16.5 Å². The van der Waals surface area contributed by atoms with Gasteiger partial charge in [0.05, 0.1) is 11.7 Å². The van der Waals surface area contributed by atoms with E-state index in [1.165, 1.54) is 0 Å². The molecule has 2 aromatic rings. The van der Waals surface area contributed by atoms with Gasteiger partial charge in [-0.15, -0.1) is 0 Å². The summed E-state index contributed by atoms with van der Waals surface area (Å²) < 4.78 is 6.47. The molecule has 6 nitrogen and oxygen atoms in total. The Bertz CT molecular complexity index is 1120. The first-order chi connectivity index (χ1) is 16.0. The molecule has 0 bridgehead atoms. The number of allylic oxidation sites excluding steroid dienone is 1. The van der Waals surface area contributed by atoms with Gasteiger partial charge in [0.25, 0.3) is 0 Å². The fourth-order valence-electron chi connectivity index (χ4n) is 4.43. The van der Waals surface area contributed by atoms with Crippen molar-refractivity contribution in [2.45, 2.75) is 44.7 Å². The minimum Gasteiger partial charge on any atom is -0.456 e. The summed E-state index contributed by atoms with van der Waals surface area (Å²) in [4.78, 5) is 19.8. The monoisotopic (exact) mass is 464 g/mol. The SMILES string of the molecule is C[C@H]1CCc2c(ccc(C(C=NC3CNC3)=CN)c2Oc2cccc(Cl)c2)N1C(=O)C1CC1. The zero-order valence-corrected chi connectivity index (χ0v) is 19.5. The molecule has 3 N–H and O–H groups in total. The lowest BCUT2D eigenvalue weighted by Crippen LogP contribution is -2.45. The lowest BCUT2D eigenvalue weighted by Gasteiger charge is -2.37. The van der Waals surface area contributed by atoms with Crippen LogP contribution in [0, 0.1) is 5.92 Å². The minimum absolute atomic E-state index is 0.151. The normalized spacial score (nSPS) is 21.1. The highest BCUT2D eigenvalue weighted by Gasteiger charge is 2.39. The molecule has 1 saturated heterocycles. The fraction of sp³-hybridized carbons (Fsp3) is 0.385. The van der Waals surface area contributed by atoms with Crippen molar-refractivity contribution in [3.8, 4) is 11.5 Å². The van der Waals surface area contributed by atoms with E-state index in [1.807, 2.05) is 41.4 Å². The highest BCUT2D eigenvalue weighted by atomic mass is 35.5. The Hall–Kier alpha value is -2.83. The predicted molar refractivity (Wildman–Crippen MR) is 133 cm³/mol. The second kappa shape index (κ2) is 9.20. The van der Waals surface area contributed by atoms with E-state index in [2.05, 4.69) is 17.2 Å². The van der Waals surface area contributed by atoms with Gasteiger partial charge in [0.15, 0.2) is 0 Å². The fourth-order valence-corrected chi connectivity index (χ4v) is 4.61. The van der Waals surface area contributed by atoms with E-state index < -0.39 is 0 Å². The standard InChI is InChI=1S/C26H29ClN4O2/c1-16-5-8-23-24(31(16)26(32)17-6-7-17)10-9-22(18(12-28)13-30-20-14-29-15-20)25(23)33-21-4-2-3-19(27)11-21/h2-4,9-13,16-17,20,29H,5-8,14-15,28H2,1H3/t16-/m0/s1. The van der Waals surface area contributed by atoms with Gasteiger partial charge in [-0.3, -0.25) is 9.79 Å². The van der Waals surface area contributed by atoms with Crippen LogP contribution in [0.2, 0.25) is 5.02 Å². The molecule has 33 heavy (non-hydrogen) atoms. The van der Waals surface area contributed by atoms with Gasteiger partial charge >= 0.3 is 0 Å². The van der Waals surface area contributed by atoms with E-state index in [1.54, 1.807) is 12.3 Å². The first-order valence-electron chi connectivity index (χ1n) is 11.6. The predicted octanol–water partition coefficient (Wildman–Crippen LogP) is 4.55. The third-order valence-electron chi connectivity index (χ3n) is 6.60. The molecule has 3 aliphatic rings. The highest BCUT2D eigenvalue weighted by molar-refractivity contribution is 6.30. The Morgan fingerprint density at radius 3 is 2.73 bits per heavy atom. The number of rotatable bonds is 6. The number of hydrogen-bond donors (Lipinski definition) is 2. The summed E-state index contributed by atoms with van der Waals surface area (Å²) in [5.74, 6) is 1.73. The molecule has 0 radical (unpaired) electrons. The van der Waals surface area contributed by atoms with E-state index in [9.17, 15) is 4.79 Å². The molecule has 2 fully saturated rings. The second-order valence-corrected chi connectivity index (χ2v) is 9.52. The maximum absolute atomic E-state index is 13.1. The van der Waals surface area contributed by atoms with Gasteiger partial charge in [-0.05, 0) is 62.9 Å². The summed E-state index contributed by atoms with van der Waals surface area (Å²) >= 11 is 6.23. The van der Waals surface area contributed by atoms with Crippen molar-refractivity contribution < 1.29 is 9.53 Å². The van der Waals surface area contributed by atoms with E-state index >= 15 is 0 Å². The zero-order valence-electron chi connectivity index (χ0n) is 18.8. The highest BCUT2D eigenvalue weighted by Crippen LogP contribution is 2.45. The number of fused-ring (bicyclic) bond motifs is 1. The molecule has 2 aromatic carbocycles. The van der Waals surface area contributed by atoms with Crippen molar-refractivity contribution in [2.24, 2.45) is 16.6 Å². The first-order valence-corrected chi connectivity index (χ1v) is 12.0. The van der Waals surface area contributed by atoms with Crippen molar-refractivity contribution in [2.75, 3.05) is 18.0 Å². The van der Waals surface area contributed by atoms with Crippen LogP contribution in [0.1, 0.15) is 37.3 Å². The number of aliphatic imine (C=N–C) groups is 1. The molecule has 1 aliphatic carbocycles. The number of nitrogens with zero attached hydrogens (tertiary/aromatic N) is 2. The van der Waals surface area contributed by atoms with Crippen LogP contribution in [0.25, 0.3) is 5.57 Å². The van der Waals surface area contributed by atoms with Gasteiger partial charge in [0, 0.05) is 59.2 Å². The summed E-state index contributed by atoms with van der Waals surface area (Å²) in [6, 6.07) is 11.8. The number of halogens is 1. The quantitative estimate of drug-likeness (QED) is 0.614. The van der Waals surface area contributed by atoms with Crippen molar-refractivity contribution in [1.82, 2.24) is 5.32 Å². The van der Waals surface area contributed by atoms with Crippen molar-refractivity contribution in [3.05, 3.63) is 58.7 Å². The molecule has 1 atom stereocenters. The van der Waals surface area contributed by atoms with Crippen LogP contribution in [-0.4, -0.2) is 37.3 Å². The third-order valence-corrected chi connectivity index (χ3v) is 6.84. The Kier molecular flexibility index (Phi) is 6.13. The Morgan fingerprint density at radius 2 is 2.06 bits per heavy atom.